The SMILES string of the molecule is CCCN(CCC)C(=O)c1cnc2c(c1)c(C)nn2C. The molecule has 2 heterocycles. The van der Waals surface area contributed by atoms with Crippen molar-refractivity contribution in [3.63, 3.8) is 0 Å². The number of rotatable bonds is 5. The van der Waals surface area contributed by atoms with E-state index in [1.807, 2.05) is 24.9 Å². The normalized spacial score (nSPS) is 11.0. The summed E-state index contributed by atoms with van der Waals surface area (Å²) < 4.78 is 1.74. The standard InChI is InChI=1S/C15H22N4O/c1-5-7-19(8-6-2)15(20)12-9-13-11(3)17-18(4)14(13)16-10-12/h9-10H,5-8H2,1-4H3. The molecule has 0 unspecified atom stereocenters. The highest BCUT2D eigenvalue weighted by atomic mass is 16.2. The van der Waals surface area contributed by atoms with Crippen LogP contribution in [0.5, 0.6) is 0 Å². The highest BCUT2D eigenvalue weighted by molar-refractivity contribution is 5.97. The lowest BCUT2D eigenvalue weighted by atomic mass is 10.2. The molecule has 0 saturated heterocycles. The third-order valence-electron chi connectivity index (χ3n) is 3.38. The van der Waals surface area contributed by atoms with E-state index in [4.69, 9.17) is 0 Å². The maximum absolute atomic E-state index is 12.5. The quantitative estimate of drug-likeness (QED) is 0.842. The van der Waals surface area contributed by atoms with E-state index in [1.54, 1.807) is 10.9 Å². The lowest BCUT2D eigenvalue weighted by Crippen LogP contribution is -2.32. The summed E-state index contributed by atoms with van der Waals surface area (Å²) in [5.74, 6) is 0.0614. The van der Waals surface area contributed by atoms with Crippen LogP contribution in [0.3, 0.4) is 0 Å². The third kappa shape index (κ3) is 2.66. The first-order valence-corrected chi connectivity index (χ1v) is 7.17. The number of aryl methyl sites for hydroxylation is 2. The van der Waals surface area contributed by atoms with E-state index < -0.39 is 0 Å². The average Bonchev–Trinajstić information content (AvgIpc) is 2.72. The van der Waals surface area contributed by atoms with Crippen molar-refractivity contribution in [2.24, 2.45) is 7.05 Å². The Morgan fingerprint density at radius 2 is 1.95 bits per heavy atom. The monoisotopic (exact) mass is 274 g/mol. The van der Waals surface area contributed by atoms with Gasteiger partial charge in [0.05, 0.1) is 11.3 Å². The van der Waals surface area contributed by atoms with Crippen LogP contribution in [-0.4, -0.2) is 38.7 Å². The minimum absolute atomic E-state index is 0.0614. The Balaban J connectivity index is 2.36. The molecule has 0 fully saturated rings. The zero-order valence-electron chi connectivity index (χ0n) is 12.7. The molecule has 0 N–H and O–H groups in total. The van der Waals surface area contributed by atoms with E-state index in [1.165, 1.54) is 0 Å². The van der Waals surface area contributed by atoms with Crippen LogP contribution in [0.2, 0.25) is 0 Å². The summed E-state index contributed by atoms with van der Waals surface area (Å²) in [6, 6.07) is 1.91. The fourth-order valence-electron chi connectivity index (χ4n) is 2.46. The third-order valence-corrected chi connectivity index (χ3v) is 3.38. The number of hydrogen-bond donors (Lipinski definition) is 0. The van der Waals surface area contributed by atoms with Crippen LogP contribution in [0.15, 0.2) is 12.3 Å². The lowest BCUT2D eigenvalue weighted by Gasteiger charge is -2.21. The van der Waals surface area contributed by atoms with Crippen molar-refractivity contribution >= 4 is 16.9 Å². The van der Waals surface area contributed by atoms with E-state index in [0.29, 0.717) is 5.56 Å². The van der Waals surface area contributed by atoms with Gasteiger partial charge in [0.15, 0.2) is 5.65 Å². The zero-order chi connectivity index (χ0) is 14.7. The van der Waals surface area contributed by atoms with Crippen LogP contribution in [-0.2, 0) is 7.05 Å². The van der Waals surface area contributed by atoms with E-state index >= 15 is 0 Å². The highest BCUT2D eigenvalue weighted by Crippen LogP contribution is 2.17. The maximum atomic E-state index is 12.5. The molecule has 2 rings (SSSR count). The molecule has 2 aromatic rings. The van der Waals surface area contributed by atoms with Gasteiger partial charge in [0.1, 0.15) is 0 Å². The molecular weight excluding hydrogens is 252 g/mol. The van der Waals surface area contributed by atoms with Crippen LogP contribution >= 0.6 is 0 Å². The summed E-state index contributed by atoms with van der Waals surface area (Å²) in [7, 11) is 1.87. The molecule has 0 aromatic carbocycles. The molecule has 5 nitrogen and oxygen atoms in total. The predicted molar refractivity (Wildman–Crippen MR) is 79.7 cm³/mol. The number of pyridine rings is 1. The summed E-state index contributed by atoms with van der Waals surface area (Å²) >= 11 is 0. The number of nitrogens with zero attached hydrogens (tertiary/aromatic N) is 4. The van der Waals surface area contributed by atoms with Crippen molar-refractivity contribution in [2.45, 2.75) is 33.6 Å². The van der Waals surface area contributed by atoms with Crippen molar-refractivity contribution < 1.29 is 4.79 Å². The molecule has 0 saturated carbocycles. The average molecular weight is 274 g/mol. The smallest absolute Gasteiger partial charge is 0.255 e. The van der Waals surface area contributed by atoms with Crippen LogP contribution < -0.4 is 0 Å². The minimum atomic E-state index is 0.0614. The molecular formula is C15H22N4O. The molecule has 0 atom stereocenters. The van der Waals surface area contributed by atoms with E-state index in [9.17, 15) is 4.79 Å². The first kappa shape index (κ1) is 14.5. The predicted octanol–water partition coefficient (Wildman–Crippen LogP) is 2.54. The molecule has 0 radical (unpaired) electrons. The molecule has 0 bridgehead atoms. The Kier molecular flexibility index (Phi) is 4.37. The van der Waals surface area contributed by atoms with Gasteiger partial charge in [0, 0.05) is 31.7 Å². The van der Waals surface area contributed by atoms with Gasteiger partial charge in [-0.2, -0.15) is 5.10 Å². The summed E-state index contributed by atoms with van der Waals surface area (Å²) in [5.41, 5.74) is 2.37. The fraction of sp³-hybridized carbons (Fsp3) is 0.533. The van der Waals surface area contributed by atoms with E-state index in [2.05, 4.69) is 23.9 Å². The van der Waals surface area contributed by atoms with Crippen molar-refractivity contribution in [3.8, 4) is 0 Å². The van der Waals surface area contributed by atoms with Crippen molar-refractivity contribution in [1.82, 2.24) is 19.7 Å². The Labute approximate surface area is 119 Å². The topological polar surface area (TPSA) is 51.0 Å². The Hall–Kier alpha value is -1.91. The summed E-state index contributed by atoms with van der Waals surface area (Å²) in [4.78, 5) is 18.8. The minimum Gasteiger partial charge on any atom is -0.339 e. The van der Waals surface area contributed by atoms with Gasteiger partial charge in [0.25, 0.3) is 5.91 Å². The van der Waals surface area contributed by atoms with Crippen LogP contribution in [0.25, 0.3) is 11.0 Å². The molecule has 2 aromatic heterocycles. The van der Waals surface area contributed by atoms with E-state index in [-0.39, 0.29) is 5.91 Å². The summed E-state index contributed by atoms with van der Waals surface area (Å²) in [5, 5.41) is 5.29. The zero-order valence-corrected chi connectivity index (χ0v) is 12.7. The molecule has 20 heavy (non-hydrogen) atoms. The number of amides is 1. The van der Waals surface area contributed by atoms with Gasteiger partial charge in [-0.15, -0.1) is 0 Å². The van der Waals surface area contributed by atoms with Gasteiger partial charge in [-0.05, 0) is 25.8 Å². The van der Waals surface area contributed by atoms with Gasteiger partial charge in [-0.3, -0.25) is 9.48 Å². The largest absolute Gasteiger partial charge is 0.339 e. The number of hydrogen-bond acceptors (Lipinski definition) is 3. The molecule has 108 valence electrons. The second-order valence-electron chi connectivity index (χ2n) is 5.10. The van der Waals surface area contributed by atoms with Crippen molar-refractivity contribution in [3.05, 3.63) is 23.5 Å². The maximum Gasteiger partial charge on any atom is 0.255 e. The molecule has 1 amide bonds. The fourth-order valence-corrected chi connectivity index (χ4v) is 2.46. The van der Waals surface area contributed by atoms with Crippen molar-refractivity contribution in [1.29, 1.82) is 0 Å². The second kappa shape index (κ2) is 6.03. The van der Waals surface area contributed by atoms with Gasteiger partial charge in [0.2, 0.25) is 0 Å². The number of carbonyl (C=O) groups is 1. The van der Waals surface area contributed by atoms with E-state index in [0.717, 1.165) is 42.7 Å². The Morgan fingerprint density at radius 1 is 1.30 bits per heavy atom. The van der Waals surface area contributed by atoms with Crippen LogP contribution in [0.4, 0.5) is 0 Å². The van der Waals surface area contributed by atoms with Gasteiger partial charge < -0.3 is 4.90 Å². The van der Waals surface area contributed by atoms with Gasteiger partial charge in [-0.25, -0.2) is 4.98 Å². The van der Waals surface area contributed by atoms with Crippen LogP contribution in [0, 0.1) is 6.92 Å². The number of carbonyl (C=O) groups excluding carboxylic acids is 1. The molecule has 0 aliphatic rings. The summed E-state index contributed by atoms with van der Waals surface area (Å²) in [6.45, 7) is 7.69. The van der Waals surface area contributed by atoms with Gasteiger partial charge in [-0.1, -0.05) is 13.8 Å². The highest BCUT2D eigenvalue weighted by Gasteiger charge is 2.16. The molecule has 0 spiro atoms. The van der Waals surface area contributed by atoms with Crippen LogP contribution in [0.1, 0.15) is 42.7 Å². The first-order valence-electron chi connectivity index (χ1n) is 7.17. The molecule has 5 heteroatoms. The van der Waals surface area contributed by atoms with Crippen molar-refractivity contribution in [2.75, 3.05) is 13.1 Å². The lowest BCUT2D eigenvalue weighted by molar-refractivity contribution is 0.0755. The molecule has 0 aliphatic carbocycles. The van der Waals surface area contributed by atoms with Gasteiger partial charge >= 0.3 is 0 Å². The summed E-state index contributed by atoms with van der Waals surface area (Å²) in [6.07, 6.45) is 3.59. The Bertz CT molecular complexity index is 612. The Morgan fingerprint density at radius 3 is 2.55 bits per heavy atom. The number of aromatic nitrogens is 3. The molecule has 0 aliphatic heterocycles. The second-order valence-corrected chi connectivity index (χ2v) is 5.10. The first-order chi connectivity index (χ1) is 9.58. The number of fused-ring (bicyclic) bond motifs is 1.